The first-order valence-electron chi connectivity index (χ1n) is 5.94. The van der Waals surface area contributed by atoms with Crippen LogP contribution in [-0.2, 0) is 0 Å². The molecule has 100 valence electrons. The summed E-state index contributed by atoms with van der Waals surface area (Å²) >= 11 is 5.72. The first-order valence-corrected chi connectivity index (χ1v) is 6.32. The summed E-state index contributed by atoms with van der Waals surface area (Å²) < 4.78 is 11.0. The van der Waals surface area contributed by atoms with Crippen LogP contribution in [0.3, 0.4) is 0 Å². The maximum atomic E-state index is 5.72. The Morgan fingerprint density at radius 3 is 2.42 bits per heavy atom. The number of ether oxygens (including phenoxy) is 2. The lowest BCUT2D eigenvalue weighted by molar-refractivity contribution is 0.230. The predicted octanol–water partition coefficient (Wildman–Crippen LogP) is 3.59. The van der Waals surface area contributed by atoms with Gasteiger partial charge in [0.25, 0.3) is 0 Å². The molecule has 0 amide bonds. The molecule has 1 aromatic carbocycles. The molecule has 0 spiro atoms. The van der Waals surface area contributed by atoms with Crippen molar-refractivity contribution in [1.29, 1.82) is 0 Å². The molecule has 0 fully saturated rings. The third-order valence-corrected chi connectivity index (χ3v) is 2.66. The zero-order valence-corrected chi connectivity index (χ0v) is 11.8. The Hall–Kier alpha value is -1.81. The number of halogens is 1. The van der Waals surface area contributed by atoms with Crippen LogP contribution in [0.15, 0.2) is 30.3 Å². The van der Waals surface area contributed by atoms with Gasteiger partial charge in [-0.3, -0.25) is 0 Å². The number of rotatable bonds is 4. The second-order valence-corrected chi connectivity index (χ2v) is 4.66. The van der Waals surface area contributed by atoms with Gasteiger partial charge in [0, 0.05) is 5.56 Å². The van der Waals surface area contributed by atoms with Gasteiger partial charge in [-0.2, -0.15) is 0 Å². The summed E-state index contributed by atoms with van der Waals surface area (Å²) in [6, 6.07) is 9.17. The van der Waals surface area contributed by atoms with E-state index < -0.39 is 0 Å². The average Bonchev–Trinajstić information content (AvgIpc) is 2.39. The van der Waals surface area contributed by atoms with Gasteiger partial charge in [0.1, 0.15) is 0 Å². The highest BCUT2D eigenvalue weighted by Gasteiger charge is 2.09. The fourth-order valence-corrected chi connectivity index (χ4v) is 1.75. The first-order chi connectivity index (χ1) is 9.10. The van der Waals surface area contributed by atoms with E-state index in [4.69, 9.17) is 21.1 Å². The van der Waals surface area contributed by atoms with Gasteiger partial charge in [-0.15, -0.1) is 10.2 Å². The lowest BCUT2D eigenvalue weighted by Crippen LogP contribution is -2.06. The summed E-state index contributed by atoms with van der Waals surface area (Å²) in [5.41, 5.74) is 1.64. The molecule has 0 radical (unpaired) electrons. The zero-order valence-electron chi connectivity index (χ0n) is 11.1. The molecule has 2 rings (SSSR count). The Morgan fingerprint density at radius 2 is 1.84 bits per heavy atom. The number of methoxy groups -OCH3 is 1. The third-order valence-electron chi connectivity index (χ3n) is 2.45. The van der Waals surface area contributed by atoms with Gasteiger partial charge < -0.3 is 9.47 Å². The van der Waals surface area contributed by atoms with E-state index in [1.54, 1.807) is 13.2 Å². The van der Waals surface area contributed by atoms with Crippen LogP contribution in [0.4, 0.5) is 0 Å². The molecule has 5 heteroatoms. The molecule has 0 unspecified atom stereocenters. The zero-order chi connectivity index (χ0) is 13.8. The number of nitrogens with zero attached hydrogens (tertiary/aromatic N) is 2. The minimum Gasteiger partial charge on any atom is -0.493 e. The standard InChI is InChI=1S/C14H15ClN2O2/c1-9(2)19-12-6-4-10(8-13(12)18-3)11-5-7-14(15)17-16-11/h4-9H,1-3H3. The van der Waals surface area contributed by atoms with Gasteiger partial charge in [0.05, 0.1) is 18.9 Å². The van der Waals surface area contributed by atoms with Crippen molar-refractivity contribution >= 4 is 11.6 Å². The third kappa shape index (κ3) is 3.35. The maximum Gasteiger partial charge on any atom is 0.161 e. The molecule has 1 heterocycles. The van der Waals surface area contributed by atoms with Gasteiger partial charge in [-0.1, -0.05) is 11.6 Å². The van der Waals surface area contributed by atoms with Gasteiger partial charge in [-0.05, 0) is 44.2 Å². The number of aromatic nitrogens is 2. The SMILES string of the molecule is COc1cc(-c2ccc(Cl)nn2)ccc1OC(C)C. The molecule has 0 atom stereocenters. The van der Waals surface area contributed by atoms with E-state index in [-0.39, 0.29) is 6.10 Å². The highest BCUT2D eigenvalue weighted by Crippen LogP contribution is 2.32. The Morgan fingerprint density at radius 1 is 1.05 bits per heavy atom. The van der Waals surface area contributed by atoms with E-state index in [0.29, 0.717) is 16.7 Å². The van der Waals surface area contributed by atoms with Crippen molar-refractivity contribution in [2.24, 2.45) is 0 Å². The Bertz CT molecular complexity index is 556. The molecule has 0 saturated carbocycles. The van der Waals surface area contributed by atoms with Crippen LogP contribution in [-0.4, -0.2) is 23.4 Å². The number of benzene rings is 1. The van der Waals surface area contributed by atoms with Crippen molar-refractivity contribution in [2.75, 3.05) is 7.11 Å². The lowest BCUT2D eigenvalue weighted by atomic mass is 10.1. The summed E-state index contributed by atoms with van der Waals surface area (Å²) in [6.07, 6.45) is 0.0927. The Labute approximate surface area is 117 Å². The van der Waals surface area contributed by atoms with Crippen molar-refractivity contribution < 1.29 is 9.47 Å². The summed E-state index contributed by atoms with van der Waals surface area (Å²) in [4.78, 5) is 0. The minimum absolute atomic E-state index is 0.0927. The van der Waals surface area contributed by atoms with E-state index in [1.165, 1.54) is 0 Å². The number of hydrogen-bond acceptors (Lipinski definition) is 4. The molecule has 4 nitrogen and oxygen atoms in total. The van der Waals surface area contributed by atoms with E-state index in [0.717, 1.165) is 11.3 Å². The molecule has 0 aliphatic carbocycles. The second kappa shape index (κ2) is 5.89. The smallest absolute Gasteiger partial charge is 0.161 e. The van der Waals surface area contributed by atoms with E-state index >= 15 is 0 Å². The van der Waals surface area contributed by atoms with Gasteiger partial charge in [0.2, 0.25) is 0 Å². The van der Waals surface area contributed by atoms with E-state index in [9.17, 15) is 0 Å². The van der Waals surface area contributed by atoms with Crippen LogP contribution in [0, 0.1) is 0 Å². The second-order valence-electron chi connectivity index (χ2n) is 4.27. The molecule has 1 aromatic heterocycles. The predicted molar refractivity (Wildman–Crippen MR) is 74.8 cm³/mol. The van der Waals surface area contributed by atoms with E-state index in [2.05, 4.69) is 10.2 Å². The molecule has 0 saturated heterocycles. The summed E-state index contributed by atoms with van der Waals surface area (Å²) in [5, 5.41) is 8.23. The van der Waals surface area contributed by atoms with Crippen molar-refractivity contribution in [3.8, 4) is 22.8 Å². The Balaban J connectivity index is 2.35. The van der Waals surface area contributed by atoms with Crippen molar-refractivity contribution in [3.05, 3.63) is 35.5 Å². The van der Waals surface area contributed by atoms with Crippen molar-refractivity contribution in [2.45, 2.75) is 20.0 Å². The van der Waals surface area contributed by atoms with Crippen LogP contribution in [0.5, 0.6) is 11.5 Å². The first kappa shape index (κ1) is 13.6. The lowest BCUT2D eigenvalue weighted by Gasteiger charge is -2.14. The molecule has 19 heavy (non-hydrogen) atoms. The van der Waals surface area contributed by atoms with Crippen molar-refractivity contribution in [3.63, 3.8) is 0 Å². The molecule has 0 N–H and O–H groups in total. The van der Waals surface area contributed by atoms with Crippen molar-refractivity contribution in [1.82, 2.24) is 10.2 Å². The molecule has 2 aromatic rings. The van der Waals surface area contributed by atoms with Gasteiger partial charge in [0.15, 0.2) is 16.7 Å². The molecular weight excluding hydrogens is 264 g/mol. The molecule has 0 aliphatic rings. The fourth-order valence-electron chi connectivity index (χ4n) is 1.65. The largest absolute Gasteiger partial charge is 0.493 e. The monoisotopic (exact) mass is 278 g/mol. The highest BCUT2D eigenvalue weighted by molar-refractivity contribution is 6.29. The summed E-state index contributed by atoms with van der Waals surface area (Å²) in [5.74, 6) is 1.38. The number of hydrogen-bond donors (Lipinski definition) is 0. The summed E-state index contributed by atoms with van der Waals surface area (Å²) in [7, 11) is 1.61. The summed E-state index contributed by atoms with van der Waals surface area (Å²) in [6.45, 7) is 3.94. The van der Waals surface area contributed by atoms with Gasteiger partial charge >= 0.3 is 0 Å². The topological polar surface area (TPSA) is 44.2 Å². The average molecular weight is 279 g/mol. The van der Waals surface area contributed by atoms with Crippen LogP contribution in [0.2, 0.25) is 5.15 Å². The molecule has 0 aliphatic heterocycles. The van der Waals surface area contributed by atoms with Crippen LogP contribution in [0.1, 0.15) is 13.8 Å². The molecular formula is C14H15ClN2O2. The Kier molecular flexibility index (Phi) is 4.22. The van der Waals surface area contributed by atoms with Crippen LogP contribution in [0.25, 0.3) is 11.3 Å². The quantitative estimate of drug-likeness (QED) is 0.857. The minimum atomic E-state index is 0.0927. The highest BCUT2D eigenvalue weighted by atomic mass is 35.5. The van der Waals surface area contributed by atoms with E-state index in [1.807, 2.05) is 38.1 Å². The van der Waals surface area contributed by atoms with Crippen LogP contribution < -0.4 is 9.47 Å². The molecule has 0 bridgehead atoms. The normalized spacial score (nSPS) is 10.6. The van der Waals surface area contributed by atoms with Crippen LogP contribution >= 0.6 is 11.6 Å². The maximum absolute atomic E-state index is 5.72. The van der Waals surface area contributed by atoms with Gasteiger partial charge in [-0.25, -0.2) is 0 Å². The fraction of sp³-hybridized carbons (Fsp3) is 0.286.